The van der Waals surface area contributed by atoms with E-state index in [2.05, 4.69) is 53.8 Å². The van der Waals surface area contributed by atoms with Crippen LogP contribution in [0.2, 0.25) is 0 Å². The summed E-state index contributed by atoms with van der Waals surface area (Å²) < 4.78 is 0. The fourth-order valence-corrected chi connectivity index (χ4v) is 3.72. The minimum absolute atomic E-state index is 0.560. The van der Waals surface area contributed by atoms with Gasteiger partial charge in [-0.2, -0.15) is 0 Å². The molecule has 1 aromatic heterocycles. The van der Waals surface area contributed by atoms with E-state index in [9.17, 15) is 0 Å². The molecule has 3 heteroatoms. The first-order chi connectivity index (χ1) is 9.72. The highest BCUT2D eigenvalue weighted by atomic mass is 32.1. The molecule has 106 valence electrons. The second-order valence-corrected chi connectivity index (χ2v) is 6.87. The third kappa shape index (κ3) is 3.04. The molecule has 1 aromatic carbocycles. The minimum Gasteiger partial charge on any atom is -0.382 e. The zero-order valence-corrected chi connectivity index (χ0v) is 13.0. The quantitative estimate of drug-likeness (QED) is 0.845. The number of nitrogens with zero attached hydrogens (tertiary/aromatic N) is 1. The highest BCUT2D eigenvalue weighted by Gasteiger charge is 2.21. The fraction of sp³-hybridized carbons (Fsp3) is 0.471. The number of aromatic nitrogens is 1. The standard InChI is InChI=1S/C17H22N2S/c1-12(14-6-3-4-7-14)18-16-9-5-8-15(10-16)17-11-20-13(2)19-17/h5,8-12,14,18H,3-4,6-7H2,1-2H3. The van der Waals surface area contributed by atoms with E-state index < -0.39 is 0 Å². The number of rotatable bonds is 4. The van der Waals surface area contributed by atoms with Gasteiger partial charge in [0.15, 0.2) is 0 Å². The van der Waals surface area contributed by atoms with E-state index >= 15 is 0 Å². The Morgan fingerprint density at radius 3 is 2.80 bits per heavy atom. The van der Waals surface area contributed by atoms with Crippen molar-refractivity contribution in [3.8, 4) is 11.3 Å². The first-order valence-corrected chi connectivity index (χ1v) is 8.39. The molecule has 1 N–H and O–H groups in total. The monoisotopic (exact) mass is 286 g/mol. The van der Waals surface area contributed by atoms with E-state index in [1.165, 1.54) is 36.9 Å². The van der Waals surface area contributed by atoms with Crippen molar-refractivity contribution in [3.63, 3.8) is 0 Å². The molecule has 2 nitrogen and oxygen atoms in total. The van der Waals surface area contributed by atoms with E-state index in [0.29, 0.717) is 6.04 Å². The molecule has 20 heavy (non-hydrogen) atoms. The number of nitrogens with one attached hydrogen (secondary N) is 1. The van der Waals surface area contributed by atoms with Gasteiger partial charge in [-0.3, -0.25) is 0 Å². The zero-order valence-electron chi connectivity index (χ0n) is 12.2. The number of anilines is 1. The second kappa shape index (κ2) is 5.96. The highest BCUT2D eigenvalue weighted by molar-refractivity contribution is 7.09. The number of aryl methyl sites for hydroxylation is 1. The van der Waals surface area contributed by atoms with Gasteiger partial charge < -0.3 is 5.32 Å². The van der Waals surface area contributed by atoms with E-state index in [4.69, 9.17) is 0 Å². The van der Waals surface area contributed by atoms with Gasteiger partial charge in [-0.1, -0.05) is 25.0 Å². The van der Waals surface area contributed by atoms with Crippen LogP contribution in [-0.4, -0.2) is 11.0 Å². The molecular weight excluding hydrogens is 264 g/mol. The van der Waals surface area contributed by atoms with Gasteiger partial charge >= 0.3 is 0 Å². The summed E-state index contributed by atoms with van der Waals surface area (Å²) >= 11 is 1.71. The Bertz CT molecular complexity index is 570. The molecule has 1 aliphatic rings. The third-order valence-electron chi connectivity index (χ3n) is 4.28. The van der Waals surface area contributed by atoms with Gasteiger partial charge in [0.25, 0.3) is 0 Å². The average molecular weight is 286 g/mol. The lowest BCUT2D eigenvalue weighted by Crippen LogP contribution is -2.23. The summed E-state index contributed by atoms with van der Waals surface area (Å²) in [5.41, 5.74) is 3.51. The molecule has 1 heterocycles. The number of benzene rings is 1. The maximum absolute atomic E-state index is 4.57. The molecule has 0 amide bonds. The number of thiazole rings is 1. The van der Waals surface area contributed by atoms with Crippen molar-refractivity contribution in [2.75, 3.05) is 5.32 Å². The van der Waals surface area contributed by atoms with Crippen LogP contribution >= 0.6 is 11.3 Å². The molecule has 3 rings (SSSR count). The lowest BCUT2D eigenvalue weighted by atomic mass is 9.99. The number of hydrogen-bond acceptors (Lipinski definition) is 3. The summed E-state index contributed by atoms with van der Waals surface area (Å²) in [4.78, 5) is 4.57. The van der Waals surface area contributed by atoms with Crippen LogP contribution in [0.1, 0.15) is 37.6 Å². The van der Waals surface area contributed by atoms with E-state index in [1.54, 1.807) is 11.3 Å². The average Bonchev–Trinajstić information content (AvgIpc) is 3.10. The molecule has 0 saturated heterocycles. The Balaban J connectivity index is 1.74. The van der Waals surface area contributed by atoms with Crippen LogP contribution < -0.4 is 5.32 Å². The van der Waals surface area contributed by atoms with E-state index in [-0.39, 0.29) is 0 Å². The van der Waals surface area contributed by atoms with Crippen molar-refractivity contribution in [2.24, 2.45) is 5.92 Å². The van der Waals surface area contributed by atoms with Gasteiger partial charge in [0.2, 0.25) is 0 Å². The smallest absolute Gasteiger partial charge is 0.0901 e. The normalized spacial score (nSPS) is 17.3. The lowest BCUT2D eigenvalue weighted by molar-refractivity contribution is 0.482. The summed E-state index contributed by atoms with van der Waals surface area (Å²) in [6, 6.07) is 9.20. The van der Waals surface area contributed by atoms with Gasteiger partial charge in [0, 0.05) is 22.7 Å². The minimum atomic E-state index is 0.560. The summed E-state index contributed by atoms with van der Waals surface area (Å²) in [6.45, 7) is 4.37. The Hall–Kier alpha value is -1.35. The highest BCUT2D eigenvalue weighted by Crippen LogP contribution is 2.30. The molecule has 1 saturated carbocycles. The molecule has 0 radical (unpaired) electrons. The van der Waals surface area contributed by atoms with Gasteiger partial charge in [-0.25, -0.2) is 4.98 Å². The first kappa shape index (κ1) is 13.6. The molecule has 2 aromatic rings. The van der Waals surface area contributed by atoms with Gasteiger partial charge in [0.05, 0.1) is 10.7 Å². The molecule has 1 fully saturated rings. The predicted molar refractivity (Wildman–Crippen MR) is 87.3 cm³/mol. The van der Waals surface area contributed by atoms with Crippen molar-refractivity contribution < 1.29 is 0 Å². The molecule has 1 atom stereocenters. The fourth-order valence-electron chi connectivity index (χ4n) is 3.10. The van der Waals surface area contributed by atoms with E-state index in [1.807, 2.05) is 0 Å². The van der Waals surface area contributed by atoms with Crippen LogP contribution in [0.3, 0.4) is 0 Å². The SMILES string of the molecule is Cc1nc(-c2cccc(NC(C)C3CCCC3)c2)cs1. The van der Waals surface area contributed by atoms with Crippen LogP contribution in [0.25, 0.3) is 11.3 Å². The molecule has 1 aliphatic carbocycles. The second-order valence-electron chi connectivity index (χ2n) is 5.81. The Morgan fingerprint density at radius 1 is 1.30 bits per heavy atom. The van der Waals surface area contributed by atoms with Crippen LogP contribution in [0, 0.1) is 12.8 Å². The van der Waals surface area contributed by atoms with Crippen molar-refractivity contribution in [3.05, 3.63) is 34.7 Å². The zero-order chi connectivity index (χ0) is 13.9. The Kier molecular flexibility index (Phi) is 4.06. The van der Waals surface area contributed by atoms with Crippen molar-refractivity contribution in [1.29, 1.82) is 0 Å². The first-order valence-electron chi connectivity index (χ1n) is 7.51. The summed E-state index contributed by atoms with van der Waals surface area (Å²) in [5, 5.41) is 6.93. The molecule has 0 spiro atoms. The summed E-state index contributed by atoms with van der Waals surface area (Å²) in [6.07, 6.45) is 5.54. The van der Waals surface area contributed by atoms with E-state index in [0.717, 1.165) is 16.6 Å². The topological polar surface area (TPSA) is 24.9 Å². The van der Waals surface area contributed by atoms with Crippen LogP contribution in [0.15, 0.2) is 29.6 Å². The largest absolute Gasteiger partial charge is 0.382 e. The lowest BCUT2D eigenvalue weighted by Gasteiger charge is -2.21. The Morgan fingerprint density at radius 2 is 2.10 bits per heavy atom. The predicted octanol–water partition coefficient (Wildman–Crippen LogP) is 5.11. The Labute approximate surface area is 125 Å². The van der Waals surface area contributed by atoms with Gasteiger partial charge in [0.1, 0.15) is 0 Å². The summed E-state index contributed by atoms with van der Waals surface area (Å²) in [5.74, 6) is 0.833. The van der Waals surface area contributed by atoms with Gasteiger partial charge in [-0.15, -0.1) is 11.3 Å². The molecular formula is C17H22N2S. The summed E-state index contributed by atoms with van der Waals surface area (Å²) in [7, 11) is 0. The molecule has 0 bridgehead atoms. The van der Waals surface area contributed by atoms with Crippen LogP contribution in [0.5, 0.6) is 0 Å². The maximum Gasteiger partial charge on any atom is 0.0901 e. The van der Waals surface area contributed by atoms with Crippen molar-refractivity contribution in [1.82, 2.24) is 4.98 Å². The van der Waals surface area contributed by atoms with Crippen LogP contribution in [-0.2, 0) is 0 Å². The maximum atomic E-state index is 4.57. The van der Waals surface area contributed by atoms with Gasteiger partial charge in [-0.05, 0) is 44.7 Å². The molecule has 1 unspecified atom stereocenters. The van der Waals surface area contributed by atoms with Crippen molar-refractivity contribution in [2.45, 2.75) is 45.6 Å². The third-order valence-corrected chi connectivity index (χ3v) is 5.05. The molecule has 0 aliphatic heterocycles. The number of hydrogen-bond donors (Lipinski definition) is 1. The van der Waals surface area contributed by atoms with Crippen molar-refractivity contribution >= 4 is 17.0 Å². The van der Waals surface area contributed by atoms with Crippen LogP contribution in [0.4, 0.5) is 5.69 Å².